The van der Waals surface area contributed by atoms with Crippen LogP contribution >= 0.6 is 11.3 Å². The van der Waals surface area contributed by atoms with Crippen molar-refractivity contribution in [2.45, 2.75) is 50.7 Å². The Hall–Kier alpha value is -2.37. The van der Waals surface area contributed by atoms with Gasteiger partial charge < -0.3 is 4.74 Å². The summed E-state index contributed by atoms with van der Waals surface area (Å²) >= 11 is 1.16. The predicted molar refractivity (Wildman–Crippen MR) is 114 cm³/mol. The molecule has 0 bridgehead atoms. The van der Waals surface area contributed by atoms with E-state index in [0.29, 0.717) is 24.3 Å². The Morgan fingerprint density at radius 3 is 2.55 bits per heavy atom. The van der Waals surface area contributed by atoms with Crippen LogP contribution < -0.4 is 4.72 Å². The number of ether oxygens (including phenoxy) is 1. The molecule has 6 nitrogen and oxygen atoms in total. The minimum absolute atomic E-state index is 0.0913. The molecule has 0 saturated heterocycles. The second-order valence-corrected chi connectivity index (χ2v) is 10.2. The van der Waals surface area contributed by atoms with Gasteiger partial charge in [0.2, 0.25) is 0 Å². The summed E-state index contributed by atoms with van der Waals surface area (Å²) in [6.07, 6.45) is 1.58. The zero-order valence-corrected chi connectivity index (χ0v) is 18.5. The molecule has 0 unspecified atom stereocenters. The van der Waals surface area contributed by atoms with Gasteiger partial charge in [-0.25, -0.2) is 17.9 Å². The van der Waals surface area contributed by atoms with Crippen LogP contribution in [0.3, 0.4) is 0 Å². The molecule has 0 atom stereocenters. The maximum absolute atomic E-state index is 12.9. The summed E-state index contributed by atoms with van der Waals surface area (Å²) in [6, 6.07) is 11.2. The second kappa shape index (κ2) is 10.4. The third kappa shape index (κ3) is 6.58. The zero-order chi connectivity index (χ0) is 21.4. The van der Waals surface area contributed by atoms with E-state index in [0.717, 1.165) is 40.2 Å². The highest BCUT2D eigenvalue weighted by Gasteiger charge is 2.26. The molecule has 156 valence electrons. The Labute approximate surface area is 176 Å². The van der Waals surface area contributed by atoms with Gasteiger partial charge in [0.15, 0.2) is 0 Å². The first kappa shape index (κ1) is 22.9. The molecule has 2 rings (SSSR count). The first-order valence-corrected chi connectivity index (χ1v) is 11.8. The molecule has 0 radical (unpaired) electrons. The minimum Gasteiger partial charge on any atom is -0.449 e. The molecule has 0 saturated carbocycles. The summed E-state index contributed by atoms with van der Waals surface area (Å²) in [5.74, 6) is 0.363. The zero-order valence-electron chi connectivity index (χ0n) is 16.9. The van der Waals surface area contributed by atoms with Crippen molar-refractivity contribution >= 4 is 27.5 Å². The van der Waals surface area contributed by atoms with Crippen LogP contribution in [0.1, 0.15) is 44.1 Å². The van der Waals surface area contributed by atoms with E-state index in [2.05, 4.69) is 19.9 Å². The van der Waals surface area contributed by atoms with Crippen molar-refractivity contribution in [1.82, 2.24) is 4.72 Å². The van der Waals surface area contributed by atoms with Gasteiger partial charge in [-0.1, -0.05) is 51.5 Å². The van der Waals surface area contributed by atoms with Gasteiger partial charge in [-0.3, -0.25) is 0 Å². The molecular formula is C21H26N2O4S2. The lowest BCUT2D eigenvalue weighted by Crippen LogP contribution is -2.31. The van der Waals surface area contributed by atoms with Crippen molar-refractivity contribution in [2.24, 2.45) is 5.92 Å². The predicted octanol–water partition coefficient (Wildman–Crippen LogP) is 4.89. The third-order valence-electron chi connectivity index (χ3n) is 4.10. The number of carbonyl (C=O) groups excluding carboxylic acids is 1. The fourth-order valence-electron chi connectivity index (χ4n) is 2.72. The number of nitrogens with one attached hydrogen (secondary N) is 1. The molecule has 1 amide bonds. The second-order valence-electron chi connectivity index (χ2n) is 7.14. The molecule has 1 aromatic heterocycles. The largest absolute Gasteiger partial charge is 0.449 e. The molecule has 0 aliphatic heterocycles. The van der Waals surface area contributed by atoms with E-state index in [-0.39, 0.29) is 10.8 Å². The number of rotatable bonds is 9. The Morgan fingerprint density at radius 1 is 1.28 bits per heavy atom. The van der Waals surface area contributed by atoms with Crippen molar-refractivity contribution in [1.29, 1.82) is 5.26 Å². The van der Waals surface area contributed by atoms with E-state index < -0.39 is 16.1 Å². The smallest absolute Gasteiger partial charge is 0.421 e. The first-order valence-electron chi connectivity index (χ1n) is 9.55. The van der Waals surface area contributed by atoms with E-state index in [1.807, 2.05) is 17.7 Å². The highest BCUT2D eigenvalue weighted by atomic mass is 32.2. The lowest BCUT2D eigenvalue weighted by molar-refractivity contribution is 0.151. The molecule has 8 heteroatoms. The highest BCUT2D eigenvalue weighted by molar-refractivity contribution is 7.92. The molecule has 0 spiro atoms. The van der Waals surface area contributed by atoms with Crippen LogP contribution in [0.4, 0.5) is 4.79 Å². The van der Waals surface area contributed by atoms with E-state index in [1.165, 1.54) is 0 Å². The molecule has 1 N–H and O–H groups in total. The molecule has 1 heterocycles. The van der Waals surface area contributed by atoms with Gasteiger partial charge in [0.1, 0.15) is 4.21 Å². The molecule has 29 heavy (non-hydrogen) atoms. The summed E-state index contributed by atoms with van der Waals surface area (Å²) in [4.78, 5) is 12.8. The van der Waals surface area contributed by atoms with Crippen molar-refractivity contribution in [3.8, 4) is 17.2 Å². The third-order valence-corrected chi connectivity index (χ3v) is 7.10. The number of benzene rings is 1. The fraction of sp³-hybridized carbons (Fsp3) is 0.429. The quantitative estimate of drug-likeness (QED) is 0.567. The summed E-state index contributed by atoms with van der Waals surface area (Å²) in [7, 11) is -4.07. The number of nitrogens with zero attached hydrogens (tertiary/aromatic N) is 1. The number of sulfonamides is 1. The van der Waals surface area contributed by atoms with Crippen LogP contribution in [0.15, 0.2) is 34.5 Å². The van der Waals surface area contributed by atoms with Crippen molar-refractivity contribution in [3.05, 3.63) is 40.8 Å². The molecule has 2 aromatic rings. The van der Waals surface area contributed by atoms with Gasteiger partial charge in [-0.2, -0.15) is 5.26 Å². The number of nitriles is 1. The fourth-order valence-corrected chi connectivity index (χ4v) is 5.56. The SMILES string of the molecule is CCCCOC(=O)NS(=O)(=O)c1sc(CC(C)C)cc1-c1ccc(CC#N)cc1. The summed E-state index contributed by atoms with van der Waals surface area (Å²) in [5.41, 5.74) is 2.12. The Kier molecular flexibility index (Phi) is 8.23. The van der Waals surface area contributed by atoms with Crippen molar-refractivity contribution in [3.63, 3.8) is 0 Å². The van der Waals surface area contributed by atoms with Crippen molar-refractivity contribution in [2.75, 3.05) is 6.61 Å². The molecule has 1 aromatic carbocycles. The highest BCUT2D eigenvalue weighted by Crippen LogP contribution is 2.36. The van der Waals surface area contributed by atoms with Crippen LogP contribution in [0.5, 0.6) is 0 Å². The number of amides is 1. The standard InChI is InChI=1S/C21H26N2O4S2/c1-4-5-12-27-21(24)23-29(25,26)20-19(14-18(28-20)13-15(2)3)17-8-6-16(7-9-17)10-11-22/h6-9,14-15H,4-5,10,12-13H2,1-3H3,(H,23,24). The lowest BCUT2D eigenvalue weighted by Gasteiger charge is -2.09. The normalized spacial score (nSPS) is 11.3. The van der Waals surface area contributed by atoms with Gasteiger partial charge in [0, 0.05) is 10.4 Å². The van der Waals surface area contributed by atoms with Gasteiger partial charge in [-0.15, -0.1) is 11.3 Å². The lowest BCUT2D eigenvalue weighted by atomic mass is 10.0. The summed E-state index contributed by atoms with van der Waals surface area (Å²) < 4.78 is 32.8. The van der Waals surface area contributed by atoms with Gasteiger partial charge in [-0.05, 0) is 36.0 Å². The number of thiophene rings is 1. The Bertz CT molecular complexity index is 971. The monoisotopic (exact) mass is 434 g/mol. The van der Waals surface area contributed by atoms with E-state index in [4.69, 9.17) is 10.00 Å². The number of hydrogen-bond donors (Lipinski definition) is 1. The molecule has 0 fully saturated rings. The maximum atomic E-state index is 12.9. The maximum Gasteiger partial charge on any atom is 0.421 e. The van der Waals surface area contributed by atoms with Crippen LogP contribution in [-0.2, 0) is 27.6 Å². The van der Waals surface area contributed by atoms with Gasteiger partial charge >= 0.3 is 6.09 Å². The topological polar surface area (TPSA) is 96.3 Å². The average Bonchev–Trinajstić information content (AvgIpc) is 3.06. The number of hydrogen-bond acceptors (Lipinski definition) is 6. The van der Waals surface area contributed by atoms with Crippen LogP contribution in [-0.4, -0.2) is 21.1 Å². The molecule has 0 aliphatic carbocycles. The van der Waals surface area contributed by atoms with Crippen LogP contribution in [0.2, 0.25) is 0 Å². The first-order chi connectivity index (χ1) is 13.8. The summed E-state index contributed by atoms with van der Waals surface area (Å²) in [5, 5.41) is 8.83. The average molecular weight is 435 g/mol. The molecular weight excluding hydrogens is 408 g/mol. The Morgan fingerprint density at radius 2 is 1.97 bits per heavy atom. The number of carbonyl (C=O) groups is 1. The number of unbranched alkanes of at least 4 members (excludes halogenated alkanes) is 1. The Balaban J connectivity index is 2.37. The van der Waals surface area contributed by atoms with E-state index >= 15 is 0 Å². The minimum atomic E-state index is -4.07. The van der Waals surface area contributed by atoms with Gasteiger partial charge in [0.05, 0.1) is 19.1 Å². The molecule has 0 aliphatic rings. The van der Waals surface area contributed by atoms with Crippen molar-refractivity contribution < 1.29 is 17.9 Å². The van der Waals surface area contributed by atoms with Crippen LogP contribution in [0, 0.1) is 17.2 Å². The van der Waals surface area contributed by atoms with Crippen LogP contribution in [0.25, 0.3) is 11.1 Å². The van der Waals surface area contributed by atoms with E-state index in [9.17, 15) is 13.2 Å². The summed E-state index contributed by atoms with van der Waals surface area (Å²) in [6.45, 7) is 6.25. The van der Waals surface area contributed by atoms with Gasteiger partial charge in [0.25, 0.3) is 10.0 Å². The van der Waals surface area contributed by atoms with E-state index in [1.54, 1.807) is 24.3 Å².